The van der Waals surface area contributed by atoms with Crippen molar-refractivity contribution >= 4 is 24.0 Å². The number of furan rings is 1. The van der Waals surface area contributed by atoms with Crippen LogP contribution in [0.3, 0.4) is 0 Å². The Morgan fingerprint density at radius 2 is 1.95 bits per heavy atom. The Labute approximate surface area is 116 Å². The number of amides is 1. The fourth-order valence-corrected chi connectivity index (χ4v) is 2.16. The van der Waals surface area contributed by atoms with E-state index in [0.717, 1.165) is 13.1 Å². The van der Waals surface area contributed by atoms with Crippen LogP contribution >= 0.6 is 0 Å². The smallest absolute Gasteiger partial charge is 0.308 e. The van der Waals surface area contributed by atoms with Crippen molar-refractivity contribution in [2.75, 3.05) is 33.2 Å². The third kappa shape index (κ3) is 3.27. The standard InChI is InChI=1S/C14H18N2O4/c1-10-3-4-12(20-10)11(9-13(17)18)14(19)16-7-5-15(2)6-8-16/h3-4H,1,5-9H2,2H3,(H,17,18)/b12-11+. The second-order valence-electron chi connectivity index (χ2n) is 4.91. The Morgan fingerprint density at radius 1 is 1.30 bits per heavy atom. The molecule has 2 heterocycles. The lowest BCUT2D eigenvalue weighted by molar-refractivity contribution is -0.137. The van der Waals surface area contributed by atoms with Gasteiger partial charge >= 0.3 is 5.97 Å². The number of carbonyl (C=O) groups is 2. The van der Waals surface area contributed by atoms with Crippen LogP contribution in [0.2, 0.25) is 0 Å². The molecule has 1 aliphatic rings. The predicted molar refractivity (Wildman–Crippen MR) is 73.2 cm³/mol. The molecule has 0 unspecified atom stereocenters. The van der Waals surface area contributed by atoms with Gasteiger partial charge in [-0.15, -0.1) is 0 Å². The molecular weight excluding hydrogens is 260 g/mol. The molecule has 6 nitrogen and oxygen atoms in total. The third-order valence-electron chi connectivity index (χ3n) is 3.34. The van der Waals surface area contributed by atoms with E-state index in [1.807, 2.05) is 7.05 Å². The van der Waals surface area contributed by atoms with Crippen LogP contribution in [0.1, 0.15) is 6.42 Å². The van der Waals surface area contributed by atoms with E-state index in [4.69, 9.17) is 9.52 Å². The normalized spacial score (nSPS) is 17.9. The molecule has 0 radical (unpaired) electrons. The van der Waals surface area contributed by atoms with Gasteiger partial charge in [-0.25, -0.2) is 0 Å². The van der Waals surface area contributed by atoms with Crippen molar-refractivity contribution in [2.45, 2.75) is 6.42 Å². The van der Waals surface area contributed by atoms with Crippen molar-refractivity contribution in [2.24, 2.45) is 0 Å². The van der Waals surface area contributed by atoms with Crippen LogP contribution in [-0.2, 0) is 9.59 Å². The molecule has 6 heteroatoms. The van der Waals surface area contributed by atoms with Gasteiger partial charge in [0.1, 0.15) is 10.8 Å². The summed E-state index contributed by atoms with van der Waals surface area (Å²) in [4.78, 5) is 27.2. The van der Waals surface area contributed by atoms with Crippen LogP contribution in [0, 0.1) is 0 Å². The number of carboxylic acids is 1. The summed E-state index contributed by atoms with van der Waals surface area (Å²) in [5, 5.41) is 8.98. The Morgan fingerprint density at radius 3 is 2.45 bits per heavy atom. The molecule has 1 amide bonds. The van der Waals surface area contributed by atoms with E-state index < -0.39 is 5.97 Å². The first-order chi connectivity index (χ1) is 9.47. The molecular formula is C14H18N2O4. The van der Waals surface area contributed by atoms with Crippen molar-refractivity contribution in [1.82, 2.24) is 9.80 Å². The second kappa shape index (κ2) is 5.92. The number of rotatable bonds is 3. The van der Waals surface area contributed by atoms with Gasteiger partial charge in [0.2, 0.25) is 0 Å². The average molecular weight is 278 g/mol. The molecule has 1 aromatic rings. The van der Waals surface area contributed by atoms with Gasteiger partial charge in [-0.3, -0.25) is 9.59 Å². The Bertz CT molecular complexity index is 611. The summed E-state index contributed by atoms with van der Waals surface area (Å²) >= 11 is 0. The van der Waals surface area contributed by atoms with Gasteiger partial charge < -0.3 is 19.3 Å². The number of hydrogen-bond donors (Lipinski definition) is 1. The summed E-state index contributed by atoms with van der Waals surface area (Å²) in [5.74, 6) is -1.32. The maximum atomic E-state index is 12.5. The largest absolute Gasteiger partial charge is 0.481 e. The quantitative estimate of drug-likeness (QED) is 0.775. The molecule has 0 aromatic carbocycles. The first-order valence-corrected chi connectivity index (χ1v) is 6.45. The van der Waals surface area contributed by atoms with E-state index in [-0.39, 0.29) is 17.9 Å². The van der Waals surface area contributed by atoms with Gasteiger partial charge in [0.05, 0.1) is 12.0 Å². The summed E-state index contributed by atoms with van der Waals surface area (Å²) in [6.45, 7) is 6.38. The molecule has 1 aliphatic heterocycles. The van der Waals surface area contributed by atoms with E-state index in [1.54, 1.807) is 17.0 Å². The number of piperazine rings is 1. The topological polar surface area (TPSA) is 74.0 Å². The van der Waals surface area contributed by atoms with Crippen molar-refractivity contribution in [3.8, 4) is 0 Å². The van der Waals surface area contributed by atoms with Crippen molar-refractivity contribution < 1.29 is 19.1 Å². The first-order valence-electron chi connectivity index (χ1n) is 6.45. The van der Waals surface area contributed by atoms with Crippen LogP contribution in [0.5, 0.6) is 0 Å². The number of carbonyl (C=O) groups excluding carboxylic acids is 1. The summed E-state index contributed by atoms with van der Waals surface area (Å²) in [5.41, 5.74) is 0.882. The van der Waals surface area contributed by atoms with E-state index in [1.165, 1.54) is 0 Å². The maximum Gasteiger partial charge on any atom is 0.308 e. The minimum atomic E-state index is -1.05. The first kappa shape index (κ1) is 14.3. The highest BCUT2D eigenvalue weighted by Gasteiger charge is 2.24. The molecule has 1 saturated heterocycles. The van der Waals surface area contributed by atoms with Gasteiger partial charge in [0.15, 0.2) is 0 Å². The fourth-order valence-electron chi connectivity index (χ4n) is 2.16. The zero-order chi connectivity index (χ0) is 14.7. The molecule has 0 saturated carbocycles. The third-order valence-corrected chi connectivity index (χ3v) is 3.34. The molecule has 0 bridgehead atoms. The minimum Gasteiger partial charge on any atom is -0.481 e. The molecule has 0 spiro atoms. The van der Waals surface area contributed by atoms with E-state index in [9.17, 15) is 9.59 Å². The lowest BCUT2D eigenvalue weighted by Crippen LogP contribution is -2.48. The van der Waals surface area contributed by atoms with E-state index >= 15 is 0 Å². The van der Waals surface area contributed by atoms with Crippen LogP contribution in [0.4, 0.5) is 0 Å². The molecule has 20 heavy (non-hydrogen) atoms. The number of aliphatic carboxylic acids is 1. The average Bonchev–Trinajstić information content (AvgIpc) is 2.82. The van der Waals surface area contributed by atoms with Gasteiger partial charge in [-0.1, -0.05) is 6.58 Å². The minimum absolute atomic E-state index is 0.178. The van der Waals surface area contributed by atoms with E-state index in [2.05, 4.69) is 11.5 Å². The summed E-state index contributed by atoms with van der Waals surface area (Å²) in [6.07, 6.45) is -0.349. The van der Waals surface area contributed by atoms with Gasteiger partial charge in [0, 0.05) is 26.2 Å². The van der Waals surface area contributed by atoms with Crippen molar-refractivity contribution in [3.05, 3.63) is 23.0 Å². The lowest BCUT2D eigenvalue weighted by atomic mass is 10.1. The van der Waals surface area contributed by atoms with Crippen LogP contribution in [0.25, 0.3) is 12.2 Å². The number of nitrogens with zero attached hydrogens (tertiary/aromatic N) is 2. The maximum absolute atomic E-state index is 12.5. The number of carboxylic acid groups (broad SMARTS) is 1. The summed E-state index contributed by atoms with van der Waals surface area (Å²) < 4.78 is 5.31. The highest BCUT2D eigenvalue weighted by molar-refractivity contribution is 6.16. The van der Waals surface area contributed by atoms with Crippen LogP contribution in [-0.4, -0.2) is 60.0 Å². The monoisotopic (exact) mass is 278 g/mol. The molecule has 1 fully saturated rings. The fraction of sp³-hybridized carbons (Fsp3) is 0.429. The molecule has 1 N–H and O–H groups in total. The molecule has 108 valence electrons. The SMILES string of the molecule is C=c1cc/c(=C(/CC(=O)O)C(=O)N2CCN(C)CC2)o1. The summed E-state index contributed by atoms with van der Waals surface area (Å²) in [7, 11) is 1.99. The number of likely N-dealkylation sites (N-methyl/N-ethyl adjacent to an activating group) is 1. The van der Waals surface area contributed by atoms with Crippen molar-refractivity contribution in [3.63, 3.8) is 0 Å². The molecule has 2 rings (SSSR count). The Balaban J connectivity index is 2.31. The van der Waals surface area contributed by atoms with Gasteiger partial charge in [0.25, 0.3) is 5.91 Å². The van der Waals surface area contributed by atoms with Crippen molar-refractivity contribution in [1.29, 1.82) is 0 Å². The Hall–Kier alpha value is -2.08. The zero-order valence-electron chi connectivity index (χ0n) is 11.5. The van der Waals surface area contributed by atoms with Gasteiger partial charge in [-0.05, 0) is 19.2 Å². The highest BCUT2D eigenvalue weighted by Crippen LogP contribution is 2.09. The molecule has 0 atom stereocenters. The number of hydrogen-bond acceptors (Lipinski definition) is 4. The predicted octanol–water partition coefficient (Wildman–Crippen LogP) is -0.911. The van der Waals surface area contributed by atoms with E-state index in [0.29, 0.717) is 23.9 Å². The van der Waals surface area contributed by atoms with Crippen LogP contribution < -0.4 is 10.8 Å². The summed E-state index contributed by atoms with van der Waals surface area (Å²) in [6, 6.07) is 3.21. The van der Waals surface area contributed by atoms with Crippen LogP contribution in [0.15, 0.2) is 16.5 Å². The molecule has 0 aliphatic carbocycles. The molecule has 1 aromatic heterocycles. The zero-order valence-corrected chi connectivity index (χ0v) is 11.5. The lowest BCUT2D eigenvalue weighted by Gasteiger charge is -2.32. The second-order valence-corrected chi connectivity index (χ2v) is 4.91. The Kier molecular flexibility index (Phi) is 4.24. The highest BCUT2D eigenvalue weighted by atomic mass is 16.4. The van der Waals surface area contributed by atoms with Gasteiger partial charge in [-0.2, -0.15) is 0 Å².